The first-order chi connectivity index (χ1) is 15.1. The predicted octanol–water partition coefficient (Wildman–Crippen LogP) is 2.45. The Morgan fingerprint density at radius 2 is 1.84 bits per heavy atom. The van der Waals surface area contributed by atoms with E-state index in [2.05, 4.69) is 24.0 Å². The number of rotatable bonds is 7. The molecule has 2 aromatic carbocycles. The number of amides is 1. The molecule has 3 aromatic rings. The van der Waals surface area contributed by atoms with E-state index in [0.29, 0.717) is 17.9 Å². The van der Waals surface area contributed by atoms with Gasteiger partial charge in [-0.05, 0) is 36.2 Å². The molecule has 1 atom stereocenters. The number of aromatic amines is 1. The van der Waals surface area contributed by atoms with Crippen LogP contribution in [0.3, 0.4) is 0 Å². The molecule has 0 radical (unpaired) electrons. The lowest BCUT2D eigenvalue weighted by atomic mass is 9.87. The number of quaternary nitrogens is 1. The Bertz CT molecular complexity index is 1040. The quantitative estimate of drug-likeness (QED) is 0.615. The molecule has 0 aliphatic carbocycles. The number of fused-ring (bicyclic) bond motifs is 1. The van der Waals surface area contributed by atoms with E-state index in [4.69, 9.17) is 9.47 Å². The summed E-state index contributed by atoms with van der Waals surface area (Å²) in [6, 6.07) is 14.2. The van der Waals surface area contributed by atoms with Crippen LogP contribution in [0.25, 0.3) is 10.9 Å². The van der Waals surface area contributed by atoms with Crippen molar-refractivity contribution in [3.05, 3.63) is 59.8 Å². The Kier molecular flexibility index (Phi) is 6.47. The van der Waals surface area contributed by atoms with E-state index in [-0.39, 0.29) is 11.8 Å². The first kappa shape index (κ1) is 21.2. The molecule has 4 rings (SSSR count). The largest absolute Gasteiger partial charge is 0.493 e. The molecule has 1 saturated heterocycles. The third-order valence-electron chi connectivity index (χ3n) is 6.51. The maximum Gasteiger partial charge on any atom is 0.223 e. The lowest BCUT2D eigenvalue weighted by Gasteiger charge is -2.32. The van der Waals surface area contributed by atoms with Crippen LogP contribution in [0.1, 0.15) is 30.4 Å². The monoisotopic (exact) mass is 422 g/mol. The minimum absolute atomic E-state index is 0.0694. The second-order valence-electron chi connectivity index (χ2n) is 8.15. The van der Waals surface area contributed by atoms with E-state index in [1.165, 1.54) is 0 Å². The van der Waals surface area contributed by atoms with E-state index >= 15 is 0 Å². The number of para-hydroxylation sites is 1. The second-order valence-corrected chi connectivity index (χ2v) is 8.15. The Hall–Kier alpha value is -2.99. The number of nitrogens with one attached hydrogen (secondary N) is 2. The molecule has 0 bridgehead atoms. The number of carbonyl (C=O) groups is 1. The fraction of sp³-hybridized carbons (Fsp3) is 0.400. The fourth-order valence-corrected chi connectivity index (χ4v) is 4.59. The normalized spacial score (nSPS) is 15.8. The Morgan fingerprint density at radius 1 is 1.10 bits per heavy atom. The fourth-order valence-electron chi connectivity index (χ4n) is 4.59. The highest BCUT2D eigenvalue weighted by Crippen LogP contribution is 2.38. The summed E-state index contributed by atoms with van der Waals surface area (Å²) in [4.78, 5) is 20.3. The average molecular weight is 423 g/mol. The van der Waals surface area contributed by atoms with Crippen LogP contribution in [0.4, 0.5) is 0 Å². The van der Waals surface area contributed by atoms with Crippen LogP contribution in [-0.4, -0.2) is 62.7 Å². The van der Waals surface area contributed by atoms with Crippen molar-refractivity contribution >= 4 is 16.8 Å². The van der Waals surface area contributed by atoms with Gasteiger partial charge in [0.15, 0.2) is 11.5 Å². The van der Waals surface area contributed by atoms with Crippen LogP contribution in [0, 0.1) is 0 Å². The van der Waals surface area contributed by atoms with E-state index in [0.717, 1.165) is 54.8 Å². The zero-order chi connectivity index (χ0) is 21.8. The topological polar surface area (TPSA) is 59.0 Å². The third-order valence-corrected chi connectivity index (χ3v) is 6.51. The zero-order valence-electron chi connectivity index (χ0n) is 18.6. The van der Waals surface area contributed by atoms with Crippen molar-refractivity contribution in [3.8, 4) is 11.5 Å². The third kappa shape index (κ3) is 4.39. The van der Waals surface area contributed by atoms with Gasteiger partial charge in [-0.25, -0.2) is 0 Å². The van der Waals surface area contributed by atoms with Crippen LogP contribution in [0.15, 0.2) is 48.7 Å². The molecule has 6 heteroatoms. The molecule has 0 spiro atoms. The van der Waals surface area contributed by atoms with Gasteiger partial charge in [-0.2, -0.15) is 0 Å². The van der Waals surface area contributed by atoms with Gasteiger partial charge in [-0.3, -0.25) is 4.79 Å². The molecule has 1 fully saturated rings. The second kappa shape index (κ2) is 9.43. The van der Waals surface area contributed by atoms with Gasteiger partial charge in [-0.1, -0.05) is 24.3 Å². The number of ether oxygens (including phenoxy) is 2. The van der Waals surface area contributed by atoms with Crippen molar-refractivity contribution in [1.29, 1.82) is 0 Å². The summed E-state index contributed by atoms with van der Waals surface area (Å²) in [5.41, 5.74) is 3.26. The molecule has 2 N–H and O–H groups in total. The Balaban J connectivity index is 1.67. The molecule has 0 saturated carbocycles. The summed E-state index contributed by atoms with van der Waals surface area (Å²) in [5.74, 6) is 1.51. The number of methoxy groups -OCH3 is 2. The van der Waals surface area contributed by atoms with Crippen molar-refractivity contribution in [2.75, 3.05) is 46.9 Å². The molecule has 1 aliphatic heterocycles. The van der Waals surface area contributed by atoms with Gasteiger partial charge < -0.3 is 24.3 Å². The van der Waals surface area contributed by atoms with E-state index in [1.54, 1.807) is 19.1 Å². The first-order valence-corrected chi connectivity index (χ1v) is 11.0. The summed E-state index contributed by atoms with van der Waals surface area (Å²) >= 11 is 0. The van der Waals surface area contributed by atoms with Gasteiger partial charge in [0.05, 0.1) is 46.9 Å². The lowest BCUT2D eigenvalue weighted by molar-refractivity contribution is -0.902. The number of carbonyl (C=O) groups excluding carboxylic acids is 1. The number of hydrogen-bond donors (Lipinski definition) is 2. The highest BCUT2D eigenvalue weighted by atomic mass is 16.5. The summed E-state index contributed by atoms with van der Waals surface area (Å²) in [5, 5.41) is 1.15. The predicted molar refractivity (Wildman–Crippen MR) is 122 cm³/mol. The lowest BCUT2D eigenvalue weighted by Crippen LogP contribution is -3.14. The van der Waals surface area contributed by atoms with Gasteiger partial charge in [-0.15, -0.1) is 0 Å². The minimum Gasteiger partial charge on any atom is -0.493 e. The maximum atomic E-state index is 13.3. The molecular weight excluding hydrogens is 390 g/mol. The van der Waals surface area contributed by atoms with Crippen LogP contribution in [-0.2, 0) is 4.79 Å². The SMILES string of the molecule is CC[NH+]1CCN(C(=O)C[C@H](c2ccc(OC)c(OC)c2)c2c[nH]c3ccccc23)CC1. The standard InChI is InChI=1S/C25H31N3O3/c1-4-27-11-13-28(14-12-27)25(29)16-20(18-9-10-23(30-2)24(15-18)31-3)21-17-26-22-8-6-5-7-19(21)22/h5-10,15,17,20,26H,4,11-14,16H2,1-3H3/p+1/t20-/m1/s1. The smallest absolute Gasteiger partial charge is 0.223 e. The number of piperazine rings is 1. The highest BCUT2D eigenvalue weighted by molar-refractivity contribution is 5.86. The summed E-state index contributed by atoms with van der Waals surface area (Å²) in [6.07, 6.45) is 2.47. The number of hydrogen-bond acceptors (Lipinski definition) is 3. The molecule has 0 unspecified atom stereocenters. The highest BCUT2D eigenvalue weighted by Gasteiger charge is 2.28. The molecule has 2 heterocycles. The number of H-pyrrole nitrogens is 1. The van der Waals surface area contributed by atoms with Gasteiger partial charge in [0.2, 0.25) is 5.91 Å². The number of aromatic nitrogens is 1. The maximum absolute atomic E-state index is 13.3. The minimum atomic E-state index is -0.0694. The Labute approximate surface area is 183 Å². The van der Waals surface area contributed by atoms with E-state index in [9.17, 15) is 4.79 Å². The zero-order valence-corrected chi connectivity index (χ0v) is 18.6. The molecular formula is C25H32N3O3+. The molecule has 1 amide bonds. The van der Waals surface area contributed by atoms with Crippen LogP contribution in [0.2, 0.25) is 0 Å². The van der Waals surface area contributed by atoms with Crippen molar-refractivity contribution in [2.24, 2.45) is 0 Å². The van der Waals surface area contributed by atoms with Crippen molar-refractivity contribution < 1.29 is 19.2 Å². The van der Waals surface area contributed by atoms with Crippen molar-refractivity contribution in [3.63, 3.8) is 0 Å². The first-order valence-electron chi connectivity index (χ1n) is 11.0. The van der Waals surface area contributed by atoms with Gasteiger partial charge in [0.1, 0.15) is 0 Å². The van der Waals surface area contributed by atoms with Gasteiger partial charge in [0.25, 0.3) is 0 Å². The molecule has 164 valence electrons. The number of likely N-dealkylation sites (N-methyl/N-ethyl adjacent to an activating group) is 1. The summed E-state index contributed by atoms with van der Waals surface area (Å²) in [7, 11) is 3.28. The molecule has 31 heavy (non-hydrogen) atoms. The summed E-state index contributed by atoms with van der Waals surface area (Å²) < 4.78 is 11.0. The Morgan fingerprint density at radius 3 is 2.55 bits per heavy atom. The molecule has 6 nitrogen and oxygen atoms in total. The number of benzene rings is 2. The van der Waals surface area contributed by atoms with Crippen LogP contribution in [0.5, 0.6) is 11.5 Å². The molecule has 1 aromatic heterocycles. The van der Waals surface area contributed by atoms with Crippen molar-refractivity contribution in [2.45, 2.75) is 19.3 Å². The molecule has 1 aliphatic rings. The van der Waals surface area contributed by atoms with E-state index in [1.807, 2.05) is 41.4 Å². The van der Waals surface area contributed by atoms with Crippen LogP contribution < -0.4 is 14.4 Å². The van der Waals surface area contributed by atoms with Crippen molar-refractivity contribution in [1.82, 2.24) is 9.88 Å². The van der Waals surface area contributed by atoms with Crippen LogP contribution >= 0.6 is 0 Å². The average Bonchev–Trinajstić information content (AvgIpc) is 3.26. The number of nitrogens with zero attached hydrogens (tertiary/aromatic N) is 1. The summed E-state index contributed by atoms with van der Waals surface area (Å²) in [6.45, 7) is 7.03. The van der Waals surface area contributed by atoms with E-state index < -0.39 is 0 Å². The van der Waals surface area contributed by atoms with Gasteiger partial charge in [0, 0.05) is 29.4 Å². The van der Waals surface area contributed by atoms with Gasteiger partial charge >= 0.3 is 0 Å².